The summed E-state index contributed by atoms with van der Waals surface area (Å²) in [5.41, 5.74) is 3.21. The highest BCUT2D eigenvalue weighted by Gasteiger charge is 2.44. The summed E-state index contributed by atoms with van der Waals surface area (Å²) in [5.74, 6) is 3.55. The molecule has 21 heavy (non-hydrogen) atoms. The van der Waals surface area contributed by atoms with Gasteiger partial charge in [0.1, 0.15) is 0 Å². The van der Waals surface area contributed by atoms with Crippen molar-refractivity contribution in [2.45, 2.75) is 83.8 Å². The van der Waals surface area contributed by atoms with Crippen molar-refractivity contribution in [3.05, 3.63) is 11.6 Å². The van der Waals surface area contributed by atoms with Gasteiger partial charge in [-0.3, -0.25) is 0 Å². The fraction of sp³-hybridized carbons (Fsp3) is 0.789. The minimum Gasteiger partial charge on any atom is -0.416 e. The van der Waals surface area contributed by atoms with E-state index in [1.54, 1.807) is 0 Å². The average molecular weight is 307 g/mol. The molecule has 1 nitrogen and oxygen atoms in total. The van der Waals surface area contributed by atoms with E-state index in [9.17, 15) is 0 Å². The van der Waals surface area contributed by atoms with Gasteiger partial charge in [-0.2, -0.15) is 0 Å². The van der Waals surface area contributed by atoms with Crippen LogP contribution in [0.2, 0.25) is 16.6 Å². The molecule has 0 saturated carbocycles. The van der Waals surface area contributed by atoms with Crippen molar-refractivity contribution in [1.29, 1.82) is 0 Å². The largest absolute Gasteiger partial charge is 0.416 e. The van der Waals surface area contributed by atoms with Crippen LogP contribution in [0.1, 0.15) is 67.2 Å². The van der Waals surface area contributed by atoms with E-state index < -0.39 is 8.32 Å². The third-order valence-corrected chi connectivity index (χ3v) is 11.4. The highest BCUT2D eigenvalue weighted by atomic mass is 28.4. The minimum absolute atomic E-state index is 0.671. The Labute approximate surface area is 133 Å². The van der Waals surface area contributed by atoms with Crippen LogP contribution in [-0.4, -0.2) is 14.9 Å². The van der Waals surface area contributed by atoms with Crippen LogP contribution in [0, 0.1) is 18.3 Å². The van der Waals surface area contributed by atoms with E-state index >= 15 is 0 Å². The number of terminal acetylenes is 1. The van der Waals surface area contributed by atoms with Gasteiger partial charge in [-0.15, -0.1) is 6.42 Å². The summed E-state index contributed by atoms with van der Waals surface area (Å²) < 4.78 is 6.65. The molecule has 0 saturated heterocycles. The molecule has 0 aromatic rings. The van der Waals surface area contributed by atoms with Gasteiger partial charge in [-0.25, -0.2) is 0 Å². The Morgan fingerprint density at radius 2 is 1.76 bits per heavy atom. The Bertz CT molecular complexity index is 365. The molecule has 1 atom stereocenters. The van der Waals surface area contributed by atoms with Crippen molar-refractivity contribution in [2.75, 3.05) is 6.61 Å². The lowest BCUT2D eigenvalue weighted by Crippen LogP contribution is -2.48. The molecular formula is C19H34OSi. The molecule has 0 N–H and O–H groups in total. The first-order valence-electron chi connectivity index (χ1n) is 8.64. The lowest BCUT2D eigenvalue weighted by atomic mass is 9.87. The number of hydrogen-bond donors (Lipinski definition) is 0. The van der Waals surface area contributed by atoms with Gasteiger partial charge in [0.2, 0.25) is 0 Å². The molecule has 120 valence electrons. The van der Waals surface area contributed by atoms with Crippen molar-refractivity contribution >= 4 is 8.32 Å². The second-order valence-electron chi connectivity index (χ2n) is 7.48. The van der Waals surface area contributed by atoms with Gasteiger partial charge in [-0.1, -0.05) is 53.5 Å². The molecule has 0 aromatic heterocycles. The summed E-state index contributed by atoms with van der Waals surface area (Å²) in [6.45, 7) is 15.0. The lowest BCUT2D eigenvalue weighted by molar-refractivity contribution is 0.241. The van der Waals surface area contributed by atoms with Crippen molar-refractivity contribution in [1.82, 2.24) is 0 Å². The van der Waals surface area contributed by atoms with E-state index in [0.717, 1.165) is 25.4 Å². The summed E-state index contributed by atoms with van der Waals surface area (Å²) in [4.78, 5) is 0. The summed E-state index contributed by atoms with van der Waals surface area (Å²) in [7, 11) is -1.69. The highest BCUT2D eigenvalue weighted by molar-refractivity contribution is 6.77. The Morgan fingerprint density at radius 3 is 2.24 bits per heavy atom. The second-order valence-corrected chi connectivity index (χ2v) is 12.9. The van der Waals surface area contributed by atoms with E-state index in [4.69, 9.17) is 10.8 Å². The molecule has 0 heterocycles. The van der Waals surface area contributed by atoms with Gasteiger partial charge in [-0.05, 0) is 53.8 Å². The lowest BCUT2D eigenvalue weighted by Gasteiger charge is -2.42. The summed E-state index contributed by atoms with van der Waals surface area (Å²) in [5, 5.41) is 0. The molecule has 0 unspecified atom stereocenters. The SMILES string of the molecule is C#CC1=CCC[C@@H](CCO[Si](C(C)C)(C(C)C)C(C)C)C1. The van der Waals surface area contributed by atoms with Gasteiger partial charge in [0.15, 0.2) is 8.32 Å². The fourth-order valence-corrected chi connectivity index (χ4v) is 9.73. The molecule has 0 radical (unpaired) electrons. The zero-order valence-corrected chi connectivity index (χ0v) is 15.9. The molecule has 0 amide bonds. The predicted molar refractivity (Wildman–Crippen MR) is 95.9 cm³/mol. The first kappa shape index (κ1) is 18.5. The van der Waals surface area contributed by atoms with E-state index in [2.05, 4.69) is 53.5 Å². The van der Waals surface area contributed by atoms with Gasteiger partial charge >= 0.3 is 0 Å². The molecule has 0 aliphatic heterocycles. The number of rotatable bonds is 7. The third kappa shape index (κ3) is 4.47. The smallest absolute Gasteiger partial charge is 0.200 e. The van der Waals surface area contributed by atoms with Crippen LogP contribution in [0.3, 0.4) is 0 Å². The van der Waals surface area contributed by atoms with Gasteiger partial charge in [0.25, 0.3) is 0 Å². The monoisotopic (exact) mass is 306 g/mol. The first-order valence-corrected chi connectivity index (χ1v) is 10.8. The minimum atomic E-state index is -1.69. The molecule has 0 bridgehead atoms. The van der Waals surface area contributed by atoms with Crippen molar-refractivity contribution in [3.63, 3.8) is 0 Å². The van der Waals surface area contributed by atoms with Crippen LogP contribution in [0.25, 0.3) is 0 Å². The number of hydrogen-bond acceptors (Lipinski definition) is 1. The van der Waals surface area contributed by atoms with E-state index in [1.165, 1.54) is 18.4 Å². The summed E-state index contributed by atoms with van der Waals surface area (Å²) >= 11 is 0. The topological polar surface area (TPSA) is 9.23 Å². The molecule has 1 rings (SSSR count). The van der Waals surface area contributed by atoms with Crippen LogP contribution in [0.15, 0.2) is 11.6 Å². The fourth-order valence-electron chi connectivity index (χ4n) is 4.26. The van der Waals surface area contributed by atoms with Crippen molar-refractivity contribution < 1.29 is 4.43 Å². The molecular weight excluding hydrogens is 272 g/mol. The molecule has 2 heteroatoms. The Kier molecular flexibility index (Phi) is 7.23. The summed E-state index contributed by atoms with van der Waals surface area (Å²) in [6.07, 6.45) is 12.4. The van der Waals surface area contributed by atoms with Crippen LogP contribution in [0.4, 0.5) is 0 Å². The van der Waals surface area contributed by atoms with Gasteiger partial charge < -0.3 is 4.43 Å². The quantitative estimate of drug-likeness (QED) is 0.418. The molecule has 0 aromatic carbocycles. The van der Waals surface area contributed by atoms with E-state index in [-0.39, 0.29) is 0 Å². The normalized spacial score (nSPS) is 20.0. The average Bonchev–Trinajstić information content (AvgIpc) is 2.42. The summed E-state index contributed by atoms with van der Waals surface area (Å²) in [6, 6.07) is 0. The molecule has 0 spiro atoms. The van der Waals surface area contributed by atoms with E-state index in [0.29, 0.717) is 16.6 Å². The Balaban J connectivity index is 2.59. The van der Waals surface area contributed by atoms with Crippen molar-refractivity contribution in [2.24, 2.45) is 5.92 Å². The second kappa shape index (κ2) is 8.20. The maximum Gasteiger partial charge on any atom is 0.200 e. The molecule has 0 fully saturated rings. The number of allylic oxidation sites excluding steroid dienone is 2. The molecule has 1 aliphatic rings. The van der Waals surface area contributed by atoms with Crippen LogP contribution in [0.5, 0.6) is 0 Å². The zero-order chi connectivity index (χ0) is 16.0. The highest BCUT2D eigenvalue weighted by Crippen LogP contribution is 2.42. The van der Waals surface area contributed by atoms with Crippen LogP contribution < -0.4 is 0 Å². The molecule has 1 aliphatic carbocycles. The third-order valence-electron chi connectivity index (χ3n) is 5.24. The Hall–Kier alpha value is -0.523. The maximum absolute atomic E-state index is 6.65. The van der Waals surface area contributed by atoms with Crippen LogP contribution in [-0.2, 0) is 4.43 Å². The van der Waals surface area contributed by atoms with Gasteiger partial charge in [0, 0.05) is 6.61 Å². The maximum atomic E-state index is 6.65. The van der Waals surface area contributed by atoms with Crippen molar-refractivity contribution in [3.8, 4) is 12.3 Å². The predicted octanol–water partition coefficient (Wildman–Crippen LogP) is 5.93. The first-order chi connectivity index (χ1) is 9.84. The Morgan fingerprint density at radius 1 is 1.19 bits per heavy atom. The van der Waals surface area contributed by atoms with E-state index in [1.807, 2.05) is 0 Å². The zero-order valence-electron chi connectivity index (χ0n) is 14.9. The van der Waals surface area contributed by atoms with Gasteiger partial charge in [0.05, 0.1) is 0 Å². The standard InChI is InChI=1S/C19H34OSi/c1-8-18-10-9-11-19(14-18)12-13-20-21(15(2)3,16(4)5)17(6)7/h1,10,15-17,19H,9,11-14H2,2-7H3/t19-/m0/s1. The van der Waals surface area contributed by atoms with Crippen LogP contribution >= 0.6 is 0 Å².